The zero-order chi connectivity index (χ0) is 9.35. The van der Waals surface area contributed by atoms with Crippen molar-refractivity contribution in [1.82, 2.24) is 4.98 Å². The smallest absolute Gasteiger partial charge is 0.121 e. The quantitative estimate of drug-likeness (QED) is 0.831. The Balaban J connectivity index is 3.08. The Morgan fingerprint density at radius 1 is 1.50 bits per heavy atom. The second kappa shape index (κ2) is 3.44. The van der Waals surface area contributed by atoms with Gasteiger partial charge >= 0.3 is 0 Å². The summed E-state index contributed by atoms with van der Waals surface area (Å²) in [6.45, 7) is 7.04. The number of rotatable bonds is 1. The van der Waals surface area contributed by atoms with Crippen molar-refractivity contribution < 1.29 is 0 Å². The van der Waals surface area contributed by atoms with E-state index in [1.54, 1.807) is 11.3 Å². The molecule has 1 aromatic heterocycles. The molecule has 0 bridgehead atoms. The largest absolute Gasteiger partial charge is 0.325 e. The molecule has 4 heteroatoms. The maximum absolute atomic E-state index is 5.50. The summed E-state index contributed by atoms with van der Waals surface area (Å²) in [6, 6.07) is 0. The fourth-order valence-corrected chi connectivity index (χ4v) is 2.95. The van der Waals surface area contributed by atoms with E-state index in [4.69, 9.17) is 5.73 Å². The Hall–Kier alpha value is 0.0700. The van der Waals surface area contributed by atoms with Crippen LogP contribution in [0.5, 0.6) is 0 Å². The summed E-state index contributed by atoms with van der Waals surface area (Å²) >= 11 is 5.12. The number of nitrogens with two attached hydrogens (primary N) is 1. The van der Waals surface area contributed by atoms with E-state index in [1.807, 2.05) is 0 Å². The molecule has 0 atom stereocenters. The topological polar surface area (TPSA) is 38.9 Å². The van der Waals surface area contributed by atoms with Crippen molar-refractivity contribution in [2.75, 3.05) is 0 Å². The number of nitrogens with zero attached hydrogens (tertiary/aromatic N) is 1. The van der Waals surface area contributed by atoms with E-state index in [0.29, 0.717) is 6.54 Å². The molecule has 0 aliphatic rings. The van der Waals surface area contributed by atoms with Gasteiger partial charge in [-0.05, 0) is 21.3 Å². The van der Waals surface area contributed by atoms with Crippen LogP contribution in [0.15, 0.2) is 4.60 Å². The lowest BCUT2D eigenvalue weighted by molar-refractivity contribution is 0.599. The third-order valence-corrected chi connectivity index (χ3v) is 3.83. The molecular weight excluding hydrogens is 236 g/mol. The molecule has 1 rings (SSSR count). The summed E-state index contributed by atoms with van der Waals surface area (Å²) in [7, 11) is 0. The average molecular weight is 249 g/mol. The number of thiazole rings is 1. The Morgan fingerprint density at radius 3 is 2.33 bits per heavy atom. The molecular formula is C8H13BrN2S. The molecule has 0 fully saturated rings. The molecule has 0 unspecified atom stereocenters. The first-order valence-electron chi connectivity index (χ1n) is 3.81. The van der Waals surface area contributed by atoms with Gasteiger partial charge in [0.1, 0.15) is 9.61 Å². The second-order valence-corrected chi connectivity index (χ2v) is 5.52. The highest BCUT2D eigenvalue weighted by Gasteiger charge is 2.21. The molecule has 0 saturated heterocycles. The number of hydrogen-bond acceptors (Lipinski definition) is 3. The minimum Gasteiger partial charge on any atom is -0.325 e. The monoisotopic (exact) mass is 248 g/mol. The fraction of sp³-hybridized carbons (Fsp3) is 0.625. The third kappa shape index (κ3) is 2.06. The fourth-order valence-electron chi connectivity index (χ4n) is 0.893. The highest BCUT2D eigenvalue weighted by molar-refractivity contribution is 9.10. The van der Waals surface area contributed by atoms with E-state index in [0.717, 1.165) is 9.61 Å². The van der Waals surface area contributed by atoms with Crippen LogP contribution < -0.4 is 5.73 Å². The van der Waals surface area contributed by atoms with Crippen LogP contribution >= 0.6 is 27.3 Å². The van der Waals surface area contributed by atoms with Gasteiger partial charge in [0.2, 0.25) is 0 Å². The van der Waals surface area contributed by atoms with Crippen LogP contribution in [0, 0.1) is 0 Å². The van der Waals surface area contributed by atoms with Crippen molar-refractivity contribution in [2.24, 2.45) is 5.73 Å². The number of hydrogen-bond donors (Lipinski definition) is 1. The van der Waals surface area contributed by atoms with E-state index in [-0.39, 0.29) is 5.41 Å². The zero-order valence-electron chi connectivity index (χ0n) is 7.52. The molecule has 1 heterocycles. The lowest BCUT2D eigenvalue weighted by Gasteiger charge is -2.15. The lowest BCUT2D eigenvalue weighted by atomic mass is 9.96. The van der Waals surface area contributed by atoms with Gasteiger partial charge in [0.15, 0.2) is 0 Å². The van der Waals surface area contributed by atoms with E-state index in [1.165, 1.54) is 4.88 Å². The van der Waals surface area contributed by atoms with Crippen LogP contribution in [-0.4, -0.2) is 4.98 Å². The first kappa shape index (κ1) is 10.2. The van der Waals surface area contributed by atoms with Crippen molar-refractivity contribution in [1.29, 1.82) is 0 Å². The number of aromatic nitrogens is 1. The van der Waals surface area contributed by atoms with Crippen molar-refractivity contribution in [3.05, 3.63) is 14.5 Å². The lowest BCUT2D eigenvalue weighted by Crippen LogP contribution is -2.09. The molecule has 2 nitrogen and oxygen atoms in total. The van der Waals surface area contributed by atoms with E-state index >= 15 is 0 Å². The second-order valence-electron chi connectivity index (χ2n) is 3.68. The summed E-state index contributed by atoms with van der Waals surface area (Å²) in [5.41, 5.74) is 5.66. The van der Waals surface area contributed by atoms with Crippen molar-refractivity contribution in [3.8, 4) is 0 Å². The maximum atomic E-state index is 5.50. The first-order valence-corrected chi connectivity index (χ1v) is 5.42. The molecule has 0 radical (unpaired) electrons. The van der Waals surface area contributed by atoms with Crippen molar-refractivity contribution in [3.63, 3.8) is 0 Å². The summed E-state index contributed by atoms with van der Waals surface area (Å²) < 4.78 is 0.945. The predicted octanol–water partition coefficient (Wildman–Crippen LogP) is 2.66. The van der Waals surface area contributed by atoms with Gasteiger partial charge in [-0.1, -0.05) is 20.8 Å². The van der Waals surface area contributed by atoms with Crippen molar-refractivity contribution in [2.45, 2.75) is 32.7 Å². The van der Waals surface area contributed by atoms with Gasteiger partial charge in [0.05, 0.1) is 0 Å². The molecule has 68 valence electrons. The Labute approximate surface area is 85.3 Å². The summed E-state index contributed by atoms with van der Waals surface area (Å²) in [6.07, 6.45) is 0. The van der Waals surface area contributed by atoms with Crippen LogP contribution in [0.1, 0.15) is 30.7 Å². The van der Waals surface area contributed by atoms with Crippen LogP contribution in [0.3, 0.4) is 0 Å². The Morgan fingerprint density at radius 2 is 2.08 bits per heavy atom. The third-order valence-electron chi connectivity index (χ3n) is 1.49. The standard InChI is InChI=1S/C8H13BrN2S/c1-8(2,3)6-7(9)11-5(4-10)12-6/h4,10H2,1-3H3. The molecule has 0 aliphatic carbocycles. The molecule has 0 aromatic carbocycles. The van der Waals surface area contributed by atoms with Gasteiger partial charge in [-0.25, -0.2) is 4.98 Å². The van der Waals surface area contributed by atoms with Crippen molar-refractivity contribution >= 4 is 27.3 Å². The molecule has 0 saturated carbocycles. The average Bonchev–Trinajstić information content (AvgIpc) is 2.29. The summed E-state index contributed by atoms with van der Waals surface area (Å²) in [5.74, 6) is 0. The van der Waals surface area contributed by atoms with Crippen LogP contribution in [-0.2, 0) is 12.0 Å². The van der Waals surface area contributed by atoms with Gasteiger partial charge in [-0.3, -0.25) is 0 Å². The minimum absolute atomic E-state index is 0.157. The van der Waals surface area contributed by atoms with Crippen LogP contribution in [0.2, 0.25) is 0 Å². The van der Waals surface area contributed by atoms with Crippen LogP contribution in [0.4, 0.5) is 0 Å². The van der Waals surface area contributed by atoms with E-state index in [2.05, 4.69) is 41.7 Å². The number of halogens is 1. The molecule has 1 aromatic rings. The summed E-state index contributed by atoms with van der Waals surface area (Å²) in [4.78, 5) is 5.57. The van der Waals surface area contributed by atoms with Gasteiger partial charge in [0, 0.05) is 11.4 Å². The summed E-state index contributed by atoms with van der Waals surface area (Å²) in [5, 5.41) is 0.992. The van der Waals surface area contributed by atoms with Crippen LogP contribution in [0.25, 0.3) is 0 Å². The van der Waals surface area contributed by atoms with Gasteiger partial charge in [-0.2, -0.15) is 0 Å². The Kier molecular flexibility index (Phi) is 2.91. The normalized spacial score (nSPS) is 12.1. The van der Waals surface area contributed by atoms with Gasteiger partial charge in [0.25, 0.3) is 0 Å². The highest BCUT2D eigenvalue weighted by atomic mass is 79.9. The zero-order valence-corrected chi connectivity index (χ0v) is 9.92. The molecule has 2 N–H and O–H groups in total. The molecule has 0 spiro atoms. The van der Waals surface area contributed by atoms with Gasteiger partial charge < -0.3 is 5.73 Å². The molecule has 12 heavy (non-hydrogen) atoms. The predicted molar refractivity (Wildman–Crippen MR) is 56.4 cm³/mol. The molecule has 0 aliphatic heterocycles. The maximum Gasteiger partial charge on any atom is 0.121 e. The van der Waals surface area contributed by atoms with Gasteiger partial charge in [-0.15, -0.1) is 11.3 Å². The first-order chi connectivity index (χ1) is 5.45. The van der Waals surface area contributed by atoms with E-state index < -0.39 is 0 Å². The minimum atomic E-state index is 0.157. The molecule has 0 amide bonds. The van der Waals surface area contributed by atoms with E-state index in [9.17, 15) is 0 Å². The SMILES string of the molecule is CC(C)(C)c1sc(CN)nc1Br. The highest BCUT2D eigenvalue weighted by Crippen LogP contribution is 2.34. The Bertz CT molecular complexity index is 275.